The zero-order chi connectivity index (χ0) is 25.8. The van der Waals surface area contributed by atoms with Crippen LogP contribution in [0, 0.1) is 11.8 Å². The summed E-state index contributed by atoms with van der Waals surface area (Å²) >= 11 is 0. The summed E-state index contributed by atoms with van der Waals surface area (Å²) in [4.78, 5) is 30.2. The third-order valence-corrected chi connectivity index (χ3v) is 7.56. The molecule has 2 saturated heterocycles. The first-order valence-corrected chi connectivity index (χ1v) is 13.2. The largest absolute Gasteiger partial charge is 0.391 e. The Morgan fingerprint density at radius 3 is 2.64 bits per heavy atom. The van der Waals surface area contributed by atoms with Gasteiger partial charge in [0, 0.05) is 75.6 Å². The molecule has 1 aromatic carbocycles. The molecule has 0 bridgehead atoms. The van der Waals surface area contributed by atoms with Gasteiger partial charge >= 0.3 is 0 Å². The number of anilines is 1. The van der Waals surface area contributed by atoms with Gasteiger partial charge in [0.25, 0.3) is 0 Å². The standard InChI is InChI=1S/C27H40N6O3/c1-5-33-23(8-9-30-33)20-6-7-21(24(14-20)31-12-10-28-11-13-31)16-29-26(35)25-15-22(34)17-32(25)27(36)19(4)18(2)3/h6-9,14,18-19,22,25,28,34H,5,10-13,15-17H2,1-4H3,(H,29,35). The lowest BCUT2D eigenvalue weighted by Crippen LogP contribution is -2.48. The summed E-state index contributed by atoms with van der Waals surface area (Å²) in [7, 11) is 0. The second-order valence-corrected chi connectivity index (χ2v) is 10.3. The van der Waals surface area contributed by atoms with E-state index in [1.54, 1.807) is 4.90 Å². The van der Waals surface area contributed by atoms with Crippen LogP contribution in [0.5, 0.6) is 0 Å². The number of carbonyl (C=O) groups is 2. The minimum atomic E-state index is -0.678. The molecule has 196 valence electrons. The molecule has 4 rings (SSSR count). The number of nitrogens with one attached hydrogen (secondary N) is 2. The number of rotatable bonds is 8. The fourth-order valence-corrected chi connectivity index (χ4v) is 5.06. The molecule has 1 aromatic heterocycles. The van der Waals surface area contributed by atoms with Crippen molar-refractivity contribution in [1.82, 2.24) is 25.3 Å². The highest BCUT2D eigenvalue weighted by Crippen LogP contribution is 2.29. The van der Waals surface area contributed by atoms with E-state index in [1.165, 1.54) is 0 Å². The maximum absolute atomic E-state index is 13.2. The lowest BCUT2D eigenvalue weighted by molar-refractivity contribution is -0.142. The number of amides is 2. The van der Waals surface area contributed by atoms with E-state index in [0.717, 1.165) is 55.2 Å². The van der Waals surface area contributed by atoms with Crippen LogP contribution in [-0.4, -0.2) is 76.5 Å². The molecule has 3 heterocycles. The number of aryl methyl sites for hydroxylation is 1. The first kappa shape index (κ1) is 26.2. The SMILES string of the molecule is CCn1nccc1-c1ccc(CNC(=O)C2CC(O)CN2C(=O)C(C)C(C)C)c(N2CCNCC2)c1. The van der Waals surface area contributed by atoms with Crippen LogP contribution in [-0.2, 0) is 22.7 Å². The Kier molecular flexibility index (Phi) is 8.31. The summed E-state index contributed by atoms with van der Waals surface area (Å²) < 4.78 is 1.98. The van der Waals surface area contributed by atoms with Gasteiger partial charge in [-0.3, -0.25) is 14.3 Å². The number of aliphatic hydroxyl groups excluding tert-OH is 1. The van der Waals surface area contributed by atoms with Crippen molar-refractivity contribution in [2.75, 3.05) is 37.6 Å². The molecule has 0 aliphatic carbocycles. The molecule has 9 heteroatoms. The molecule has 36 heavy (non-hydrogen) atoms. The Hall–Kier alpha value is -2.91. The monoisotopic (exact) mass is 496 g/mol. The highest BCUT2D eigenvalue weighted by Gasteiger charge is 2.40. The molecule has 2 aliphatic heterocycles. The van der Waals surface area contributed by atoms with Crippen LogP contribution in [0.1, 0.15) is 39.7 Å². The van der Waals surface area contributed by atoms with Gasteiger partial charge in [0.15, 0.2) is 0 Å². The summed E-state index contributed by atoms with van der Waals surface area (Å²) in [6.45, 7) is 12.9. The van der Waals surface area contributed by atoms with E-state index in [2.05, 4.69) is 45.8 Å². The van der Waals surface area contributed by atoms with Gasteiger partial charge in [-0.1, -0.05) is 32.9 Å². The molecule has 0 spiro atoms. The number of hydrogen-bond donors (Lipinski definition) is 3. The zero-order valence-corrected chi connectivity index (χ0v) is 21.9. The van der Waals surface area contributed by atoms with E-state index in [9.17, 15) is 14.7 Å². The van der Waals surface area contributed by atoms with Crippen LogP contribution in [0.15, 0.2) is 30.5 Å². The topological polar surface area (TPSA) is 103 Å². The average molecular weight is 497 g/mol. The van der Waals surface area contributed by atoms with Crippen molar-refractivity contribution < 1.29 is 14.7 Å². The fourth-order valence-electron chi connectivity index (χ4n) is 5.06. The molecule has 0 radical (unpaired) electrons. The Morgan fingerprint density at radius 1 is 1.19 bits per heavy atom. The molecule has 3 unspecified atom stereocenters. The van der Waals surface area contributed by atoms with Crippen molar-refractivity contribution >= 4 is 17.5 Å². The molecule has 2 aliphatic rings. The number of nitrogens with zero attached hydrogens (tertiary/aromatic N) is 4. The number of aromatic nitrogens is 2. The molecule has 2 amide bonds. The molecule has 2 fully saturated rings. The van der Waals surface area contributed by atoms with Crippen molar-refractivity contribution in [2.24, 2.45) is 11.8 Å². The first-order valence-electron chi connectivity index (χ1n) is 13.2. The van der Waals surface area contributed by atoms with Crippen molar-refractivity contribution in [3.8, 4) is 11.3 Å². The number of β-amino-alcohol motifs (C(OH)–C–C–N with tert-alkyl or cyclic N) is 1. The highest BCUT2D eigenvalue weighted by atomic mass is 16.3. The lowest BCUT2D eigenvalue weighted by atomic mass is 9.96. The van der Waals surface area contributed by atoms with Crippen LogP contribution in [0.3, 0.4) is 0 Å². The van der Waals surface area contributed by atoms with E-state index < -0.39 is 12.1 Å². The van der Waals surface area contributed by atoms with Crippen LogP contribution >= 0.6 is 0 Å². The Labute approximate surface area is 213 Å². The van der Waals surface area contributed by atoms with Gasteiger partial charge in [0.2, 0.25) is 11.8 Å². The summed E-state index contributed by atoms with van der Waals surface area (Å²) in [5, 5.41) is 21.1. The molecule has 3 N–H and O–H groups in total. The lowest BCUT2D eigenvalue weighted by Gasteiger charge is -2.32. The van der Waals surface area contributed by atoms with Crippen LogP contribution in [0.2, 0.25) is 0 Å². The van der Waals surface area contributed by atoms with Gasteiger partial charge in [0.05, 0.1) is 11.8 Å². The third-order valence-electron chi connectivity index (χ3n) is 7.56. The van der Waals surface area contributed by atoms with Gasteiger partial charge in [-0.05, 0) is 30.5 Å². The van der Waals surface area contributed by atoms with Gasteiger partial charge in [-0.15, -0.1) is 0 Å². The van der Waals surface area contributed by atoms with Crippen LogP contribution in [0.4, 0.5) is 5.69 Å². The molecule has 9 nitrogen and oxygen atoms in total. The number of hydrogen-bond acceptors (Lipinski definition) is 6. The van der Waals surface area contributed by atoms with Crippen molar-refractivity contribution in [3.05, 3.63) is 36.0 Å². The van der Waals surface area contributed by atoms with Gasteiger partial charge in [0.1, 0.15) is 6.04 Å². The Morgan fingerprint density at radius 2 is 1.94 bits per heavy atom. The van der Waals surface area contributed by atoms with Crippen LogP contribution in [0.25, 0.3) is 11.3 Å². The molecule has 2 aromatic rings. The molecule has 3 atom stereocenters. The molecule has 0 saturated carbocycles. The fraction of sp³-hybridized carbons (Fsp3) is 0.593. The highest BCUT2D eigenvalue weighted by molar-refractivity contribution is 5.89. The summed E-state index contributed by atoms with van der Waals surface area (Å²) in [5.41, 5.74) is 4.30. The first-order chi connectivity index (χ1) is 17.3. The Balaban J connectivity index is 1.53. The van der Waals surface area contributed by atoms with E-state index in [4.69, 9.17) is 0 Å². The summed E-state index contributed by atoms with van der Waals surface area (Å²) in [5.74, 6) is -0.313. The minimum Gasteiger partial charge on any atom is -0.391 e. The predicted molar refractivity (Wildman–Crippen MR) is 140 cm³/mol. The molecular weight excluding hydrogens is 456 g/mol. The van der Waals surface area contributed by atoms with Crippen LogP contribution < -0.4 is 15.5 Å². The summed E-state index contributed by atoms with van der Waals surface area (Å²) in [6.07, 6.45) is 1.41. The Bertz CT molecular complexity index is 1060. The number of aliphatic hydroxyl groups is 1. The normalized spacial score (nSPS) is 21.2. The van der Waals surface area contributed by atoms with E-state index >= 15 is 0 Å². The van der Waals surface area contributed by atoms with E-state index in [-0.39, 0.29) is 36.6 Å². The van der Waals surface area contributed by atoms with Crippen molar-refractivity contribution in [1.29, 1.82) is 0 Å². The molecular formula is C27H40N6O3. The van der Waals surface area contributed by atoms with Gasteiger partial charge < -0.3 is 25.5 Å². The number of likely N-dealkylation sites (tertiary alicyclic amines) is 1. The number of carbonyl (C=O) groups excluding carboxylic acids is 2. The second kappa shape index (κ2) is 11.4. The number of benzene rings is 1. The average Bonchev–Trinajstić information content (AvgIpc) is 3.53. The third kappa shape index (κ3) is 5.57. The summed E-state index contributed by atoms with van der Waals surface area (Å²) in [6, 6.07) is 7.73. The van der Waals surface area contributed by atoms with Gasteiger partial charge in [-0.25, -0.2) is 0 Å². The number of piperazine rings is 1. The maximum Gasteiger partial charge on any atom is 0.243 e. The van der Waals surface area contributed by atoms with E-state index in [1.807, 2.05) is 37.7 Å². The minimum absolute atomic E-state index is 0.0694. The van der Waals surface area contributed by atoms with Crippen molar-refractivity contribution in [3.63, 3.8) is 0 Å². The maximum atomic E-state index is 13.2. The predicted octanol–water partition coefficient (Wildman–Crippen LogP) is 1.85. The quantitative estimate of drug-likeness (QED) is 0.516. The zero-order valence-electron chi connectivity index (χ0n) is 21.9. The smallest absolute Gasteiger partial charge is 0.243 e. The van der Waals surface area contributed by atoms with Gasteiger partial charge in [-0.2, -0.15) is 5.10 Å². The second-order valence-electron chi connectivity index (χ2n) is 10.3. The van der Waals surface area contributed by atoms with E-state index in [0.29, 0.717) is 6.54 Å². The van der Waals surface area contributed by atoms with Crippen molar-refractivity contribution in [2.45, 2.75) is 59.4 Å².